The second-order valence-electron chi connectivity index (χ2n) is 7.62. The van der Waals surface area contributed by atoms with E-state index in [-0.39, 0.29) is 11.9 Å². The van der Waals surface area contributed by atoms with E-state index in [0.717, 1.165) is 38.5 Å². The van der Waals surface area contributed by atoms with Gasteiger partial charge in [0.05, 0.1) is 19.3 Å². The Bertz CT molecular complexity index is 343. The molecule has 0 saturated heterocycles. The first-order valence-electron chi connectivity index (χ1n) is 10.6. The van der Waals surface area contributed by atoms with Crippen LogP contribution >= 0.6 is 0 Å². The largest absolute Gasteiger partial charge is 0.510 e. The van der Waals surface area contributed by atoms with Gasteiger partial charge in [0.15, 0.2) is 0 Å². The van der Waals surface area contributed by atoms with Crippen LogP contribution in [0.1, 0.15) is 96.8 Å². The van der Waals surface area contributed by atoms with Crippen LogP contribution in [0.5, 0.6) is 0 Å². The molecule has 0 aliphatic rings. The number of aliphatic hydroxyl groups is 4. The molecule has 0 bridgehead atoms. The molecule has 0 radical (unpaired) electrons. The van der Waals surface area contributed by atoms with E-state index in [0.29, 0.717) is 6.42 Å². The van der Waals surface area contributed by atoms with Crippen molar-refractivity contribution in [1.29, 1.82) is 0 Å². The molecule has 0 rings (SSSR count). The standard InChI is InChI=1S/C21H43NO4/c1-2-3-4-11-14-19(25)15-12-9-7-5-6-8-10-13-16-20(26)21(22,17-23)18-24/h16,19,23-26H,2-15,17-18,22H2,1H3. The lowest BCUT2D eigenvalue weighted by Crippen LogP contribution is -2.49. The summed E-state index contributed by atoms with van der Waals surface area (Å²) < 4.78 is 0. The summed E-state index contributed by atoms with van der Waals surface area (Å²) in [5, 5.41) is 37.9. The number of allylic oxidation sites excluding steroid dienone is 1. The molecule has 1 atom stereocenters. The van der Waals surface area contributed by atoms with E-state index in [1.165, 1.54) is 44.9 Å². The fraction of sp³-hybridized carbons (Fsp3) is 0.905. The molecule has 0 aromatic carbocycles. The summed E-state index contributed by atoms with van der Waals surface area (Å²) in [5.74, 6) is -0.129. The van der Waals surface area contributed by atoms with Crippen LogP contribution in [0, 0.1) is 0 Å². The highest BCUT2D eigenvalue weighted by atomic mass is 16.3. The van der Waals surface area contributed by atoms with Gasteiger partial charge in [-0.25, -0.2) is 0 Å². The first-order chi connectivity index (χ1) is 12.5. The van der Waals surface area contributed by atoms with Crippen LogP contribution < -0.4 is 5.73 Å². The van der Waals surface area contributed by atoms with Gasteiger partial charge in [-0.1, -0.05) is 71.1 Å². The maximum Gasteiger partial charge on any atom is 0.120 e. The van der Waals surface area contributed by atoms with Crippen molar-refractivity contribution in [3.63, 3.8) is 0 Å². The Labute approximate surface area is 160 Å². The zero-order valence-electron chi connectivity index (χ0n) is 16.8. The second kappa shape index (κ2) is 16.5. The molecule has 0 aromatic rings. The van der Waals surface area contributed by atoms with Crippen molar-refractivity contribution in [3.05, 3.63) is 11.8 Å². The third-order valence-corrected chi connectivity index (χ3v) is 5.04. The topological polar surface area (TPSA) is 107 Å². The van der Waals surface area contributed by atoms with E-state index in [9.17, 15) is 10.2 Å². The average Bonchev–Trinajstić information content (AvgIpc) is 2.65. The zero-order valence-corrected chi connectivity index (χ0v) is 16.8. The van der Waals surface area contributed by atoms with E-state index < -0.39 is 18.8 Å². The molecule has 5 nitrogen and oxygen atoms in total. The number of hydrogen-bond acceptors (Lipinski definition) is 5. The fourth-order valence-electron chi connectivity index (χ4n) is 3.01. The lowest BCUT2D eigenvalue weighted by atomic mass is 9.99. The lowest BCUT2D eigenvalue weighted by molar-refractivity contribution is 0.111. The van der Waals surface area contributed by atoms with Gasteiger partial charge in [0.25, 0.3) is 0 Å². The maximum atomic E-state index is 9.92. The van der Waals surface area contributed by atoms with Crippen LogP contribution in [0.3, 0.4) is 0 Å². The van der Waals surface area contributed by atoms with Gasteiger partial charge < -0.3 is 26.2 Å². The third-order valence-electron chi connectivity index (χ3n) is 5.04. The molecule has 156 valence electrons. The van der Waals surface area contributed by atoms with Crippen molar-refractivity contribution in [3.8, 4) is 0 Å². The van der Waals surface area contributed by atoms with Crippen molar-refractivity contribution < 1.29 is 20.4 Å². The molecule has 0 saturated carbocycles. The monoisotopic (exact) mass is 373 g/mol. The summed E-state index contributed by atoms with van der Waals surface area (Å²) in [6.07, 6.45) is 17.0. The third kappa shape index (κ3) is 12.7. The minimum atomic E-state index is -1.42. The summed E-state index contributed by atoms with van der Waals surface area (Å²) >= 11 is 0. The Balaban J connectivity index is 3.49. The van der Waals surface area contributed by atoms with E-state index in [2.05, 4.69) is 6.92 Å². The highest BCUT2D eigenvalue weighted by Gasteiger charge is 2.27. The molecule has 0 fully saturated rings. The summed E-state index contributed by atoms with van der Waals surface area (Å²) in [6, 6.07) is 0. The zero-order chi connectivity index (χ0) is 19.7. The number of nitrogens with two attached hydrogens (primary N) is 1. The van der Waals surface area contributed by atoms with E-state index >= 15 is 0 Å². The highest BCUT2D eigenvalue weighted by Crippen LogP contribution is 2.15. The molecule has 0 aliphatic heterocycles. The second-order valence-corrected chi connectivity index (χ2v) is 7.62. The highest BCUT2D eigenvalue weighted by molar-refractivity contribution is 5.11. The molecule has 5 heteroatoms. The van der Waals surface area contributed by atoms with Crippen molar-refractivity contribution >= 4 is 0 Å². The van der Waals surface area contributed by atoms with Crippen molar-refractivity contribution in [2.75, 3.05) is 13.2 Å². The quantitative estimate of drug-likeness (QED) is 0.185. The summed E-state index contributed by atoms with van der Waals surface area (Å²) in [7, 11) is 0. The first kappa shape index (κ1) is 25.4. The number of unbranched alkanes of at least 4 members (excludes halogenated alkanes) is 10. The molecule has 0 amide bonds. The van der Waals surface area contributed by atoms with E-state index in [4.69, 9.17) is 15.9 Å². The lowest BCUT2D eigenvalue weighted by Gasteiger charge is -2.23. The molecule has 6 N–H and O–H groups in total. The van der Waals surface area contributed by atoms with Gasteiger partial charge in [-0.3, -0.25) is 0 Å². The van der Waals surface area contributed by atoms with Crippen molar-refractivity contribution in [1.82, 2.24) is 0 Å². The van der Waals surface area contributed by atoms with Crippen molar-refractivity contribution in [2.45, 2.75) is 108 Å². The van der Waals surface area contributed by atoms with Gasteiger partial charge in [-0.05, 0) is 31.8 Å². The smallest absolute Gasteiger partial charge is 0.120 e. The number of rotatable bonds is 18. The van der Waals surface area contributed by atoms with Crippen LogP contribution in [0.15, 0.2) is 11.8 Å². The first-order valence-corrected chi connectivity index (χ1v) is 10.6. The van der Waals surface area contributed by atoms with Gasteiger partial charge >= 0.3 is 0 Å². The number of aliphatic hydroxyl groups excluding tert-OH is 4. The Kier molecular flexibility index (Phi) is 16.2. The van der Waals surface area contributed by atoms with Crippen LogP contribution in [0.4, 0.5) is 0 Å². The van der Waals surface area contributed by atoms with Crippen LogP contribution in [0.25, 0.3) is 0 Å². The molecule has 0 aromatic heterocycles. The molecule has 0 aliphatic carbocycles. The maximum absolute atomic E-state index is 9.92. The SMILES string of the molecule is CCCCCCC(O)CCCCCCCCCC=C(O)C(N)(CO)CO. The minimum Gasteiger partial charge on any atom is -0.510 e. The molecule has 0 heterocycles. The van der Waals surface area contributed by atoms with Gasteiger partial charge in [0.2, 0.25) is 0 Å². The molecule has 0 spiro atoms. The summed E-state index contributed by atoms with van der Waals surface area (Å²) in [5.41, 5.74) is 4.26. The Hall–Kier alpha value is -0.620. The predicted molar refractivity (Wildman–Crippen MR) is 108 cm³/mol. The summed E-state index contributed by atoms with van der Waals surface area (Å²) in [6.45, 7) is 1.26. The average molecular weight is 374 g/mol. The predicted octanol–water partition coefficient (Wildman–Crippen LogP) is 3.95. The van der Waals surface area contributed by atoms with Crippen LogP contribution in [-0.2, 0) is 0 Å². The summed E-state index contributed by atoms with van der Waals surface area (Å²) in [4.78, 5) is 0. The molecular weight excluding hydrogens is 330 g/mol. The molecule has 1 unspecified atom stereocenters. The van der Waals surface area contributed by atoms with E-state index in [1.807, 2.05) is 0 Å². The Morgan fingerprint density at radius 3 is 1.81 bits per heavy atom. The Morgan fingerprint density at radius 2 is 1.31 bits per heavy atom. The normalized spacial score (nSPS) is 14.0. The fourth-order valence-corrected chi connectivity index (χ4v) is 3.01. The van der Waals surface area contributed by atoms with Gasteiger partial charge in [0.1, 0.15) is 11.3 Å². The van der Waals surface area contributed by atoms with Gasteiger partial charge in [-0.15, -0.1) is 0 Å². The van der Waals surface area contributed by atoms with Crippen LogP contribution in [-0.4, -0.2) is 45.3 Å². The van der Waals surface area contributed by atoms with Crippen LogP contribution in [0.2, 0.25) is 0 Å². The minimum absolute atomic E-state index is 0.112. The number of hydrogen-bond donors (Lipinski definition) is 5. The molecule has 26 heavy (non-hydrogen) atoms. The Morgan fingerprint density at radius 1 is 0.846 bits per heavy atom. The van der Waals surface area contributed by atoms with Gasteiger partial charge in [0, 0.05) is 0 Å². The van der Waals surface area contributed by atoms with Crippen molar-refractivity contribution in [2.24, 2.45) is 5.73 Å². The van der Waals surface area contributed by atoms with Gasteiger partial charge in [-0.2, -0.15) is 0 Å². The van der Waals surface area contributed by atoms with E-state index in [1.54, 1.807) is 6.08 Å². The molecular formula is C21H43NO4.